The van der Waals surface area contributed by atoms with E-state index in [1.165, 1.54) is 0 Å². The number of nitrogens with one attached hydrogen (secondary N) is 1. The molecule has 5 rings (SSSR count). The van der Waals surface area contributed by atoms with Crippen molar-refractivity contribution in [3.63, 3.8) is 0 Å². The highest BCUT2D eigenvalue weighted by molar-refractivity contribution is 5.87. The van der Waals surface area contributed by atoms with E-state index in [1.54, 1.807) is 27.7 Å². The Hall–Kier alpha value is -2.90. The van der Waals surface area contributed by atoms with E-state index in [9.17, 15) is 24.3 Å². The van der Waals surface area contributed by atoms with Gasteiger partial charge in [-0.1, -0.05) is 44.2 Å². The molecule has 0 aromatic heterocycles. The van der Waals surface area contributed by atoms with Gasteiger partial charge in [-0.05, 0) is 131 Å². The van der Waals surface area contributed by atoms with Crippen molar-refractivity contribution in [2.24, 2.45) is 52.3 Å². The van der Waals surface area contributed by atoms with Crippen LogP contribution in [0.1, 0.15) is 105 Å². The maximum Gasteiger partial charge on any atom is 0.408 e. The maximum absolute atomic E-state index is 13.8. The molecule has 2 N–H and O–H groups in total. The normalized spacial score (nSPS) is 35.5. The van der Waals surface area contributed by atoms with Crippen molar-refractivity contribution < 1.29 is 33.8 Å². The second-order valence-electron chi connectivity index (χ2n) is 16.1. The molecular formula is C37H53NO7. The van der Waals surface area contributed by atoms with Crippen LogP contribution >= 0.6 is 0 Å². The summed E-state index contributed by atoms with van der Waals surface area (Å²) in [5.74, 6) is -0.523. The highest BCUT2D eigenvalue weighted by Crippen LogP contribution is 2.68. The van der Waals surface area contributed by atoms with Crippen molar-refractivity contribution in [3.8, 4) is 0 Å². The fraction of sp³-hybridized carbons (Fsp3) is 0.730. The number of hydrogen-bond acceptors (Lipinski definition) is 6. The number of esters is 1. The molecule has 1 aromatic rings. The van der Waals surface area contributed by atoms with Crippen LogP contribution in [0, 0.1) is 52.3 Å². The summed E-state index contributed by atoms with van der Waals surface area (Å²) < 4.78 is 11.2. The Labute approximate surface area is 268 Å². The summed E-state index contributed by atoms with van der Waals surface area (Å²) in [4.78, 5) is 51.9. The highest BCUT2D eigenvalue weighted by atomic mass is 16.6. The summed E-state index contributed by atoms with van der Waals surface area (Å²) in [5.41, 5.74) is 0.199. The number of aliphatic carboxylic acids is 1. The SMILES string of the molecule is CC(=O)[C@H]1CCC2C3CCC4C[C@@H](C(C(=O)OCc5ccccc5)[C@H](NC(=O)OC(C)(C)C)C(=O)O)CC[C@]4(C)C3CC[C@@]21C. The van der Waals surface area contributed by atoms with Crippen LogP contribution in [-0.4, -0.2) is 40.6 Å². The molecule has 8 nitrogen and oxygen atoms in total. The number of carboxylic acid groups (broad SMARTS) is 1. The number of benzene rings is 1. The number of ether oxygens (including phenoxy) is 2. The summed E-state index contributed by atoms with van der Waals surface area (Å²) in [5, 5.41) is 12.9. The van der Waals surface area contributed by atoms with Crippen LogP contribution in [-0.2, 0) is 30.5 Å². The Morgan fingerprint density at radius 1 is 0.933 bits per heavy atom. The van der Waals surface area contributed by atoms with Crippen LogP contribution in [0.15, 0.2) is 30.3 Å². The molecule has 8 heteroatoms. The van der Waals surface area contributed by atoms with Gasteiger partial charge in [0.1, 0.15) is 24.0 Å². The molecule has 4 aliphatic rings. The maximum atomic E-state index is 13.8. The quantitative estimate of drug-likeness (QED) is 0.294. The Bertz CT molecular complexity index is 1270. The van der Waals surface area contributed by atoms with E-state index in [1.807, 2.05) is 30.3 Å². The van der Waals surface area contributed by atoms with Crippen molar-refractivity contribution in [3.05, 3.63) is 35.9 Å². The largest absolute Gasteiger partial charge is 0.480 e. The second-order valence-corrected chi connectivity index (χ2v) is 16.1. The molecule has 10 atom stereocenters. The first-order valence-electron chi connectivity index (χ1n) is 17.1. The molecule has 0 aliphatic heterocycles. The minimum absolute atomic E-state index is 0.0357. The Kier molecular flexibility index (Phi) is 9.45. The topological polar surface area (TPSA) is 119 Å². The van der Waals surface area contributed by atoms with Crippen LogP contribution in [0.25, 0.3) is 0 Å². The van der Waals surface area contributed by atoms with Gasteiger partial charge in [0.25, 0.3) is 0 Å². The van der Waals surface area contributed by atoms with E-state index in [-0.39, 0.29) is 29.3 Å². The molecule has 4 saturated carbocycles. The van der Waals surface area contributed by atoms with Crippen LogP contribution < -0.4 is 5.32 Å². The standard InChI is InChI=1S/C37H53NO7/c1-22(39)27-14-15-28-26-13-12-25-20-24(16-18-36(25,5)29(26)17-19-37(27,28)6)30(33(42)44-21-23-10-8-7-9-11-23)31(32(40)41)38-34(43)45-35(2,3)4/h7-11,24-31H,12-21H2,1-6H3,(H,38,43)(H,40,41)/t24-,25?,26?,27+,28?,29?,30?,31-,36-,37+/m0/s1. The number of fused-ring (bicyclic) bond motifs is 5. The smallest absolute Gasteiger partial charge is 0.408 e. The Morgan fingerprint density at radius 2 is 1.60 bits per heavy atom. The van der Waals surface area contributed by atoms with Crippen molar-refractivity contribution in [2.45, 2.75) is 118 Å². The van der Waals surface area contributed by atoms with Crippen LogP contribution in [0.5, 0.6) is 0 Å². The van der Waals surface area contributed by atoms with Crippen molar-refractivity contribution in [2.75, 3.05) is 0 Å². The minimum Gasteiger partial charge on any atom is -0.480 e. The molecule has 4 aliphatic carbocycles. The number of alkyl carbamates (subject to hydrolysis) is 1. The molecule has 0 saturated heterocycles. The monoisotopic (exact) mass is 623 g/mol. The van der Waals surface area contributed by atoms with Crippen LogP contribution in [0.4, 0.5) is 4.79 Å². The van der Waals surface area contributed by atoms with Gasteiger partial charge in [0.15, 0.2) is 0 Å². The van der Waals surface area contributed by atoms with E-state index < -0.39 is 35.6 Å². The molecule has 248 valence electrons. The minimum atomic E-state index is -1.47. The number of carboxylic acids is 1. The van der Waals surface area contributed by atoms with Gasteiger partial charge in [0.2, 0.25) is 0 Å². The third-order valence-corrected chi connectivity index (χ3v) is 12.5. The predicted octanol–water partition coefficient (Wildman–Crippen LogP) is 7.19. The second kappa shape index (κ2) is 12.7. The van der Waals surface area contributed by atoms with Gasteiger partial charge in [0.05, 0.1) is 5.92 Å². The van der Waals surface area contributed by atoms with E-state index in [4.69, 9.17) is 9.47 Å². The van der Waals surface area contributed by atoms with Gasteiger partial charge in [-0.3, -0.25) is 9.59 Å². The average Bonchev–Trinajstić information content (AvgIpc) is 3.33. The summed E-state index contributed by atoms with van der Waals surface area (Å²) in [6, 6.07) is 7.86. The molecule has 1 aromatic carbocycles. The summed E-state index contributed by atoms with van der Waals surface area (Å²) in [7, 11) is 0. The number of hydrogen-bond donors (Lipinski definition) is 2. The zero-order valence-corrected chi connectivity index (χ0v) is 28.0. The van der Waals surface area contributed by atoms with Gasteiger partial charge < -0.3 is 19.9 Å². The lowest BCUT2D eigenvalue weighted by Gasteiger charge is -2.61. The number of carbonyl (C=O) groups excluding carboxylic acids is 3. The predicted molar refractivity (Wildman–Crippen MR) is 170 cm³/mol. The molecule has 0 bridgehead atoms. The number of carbonyl (C=O) groups is 4. The van der Waals surface area contributed by atoms with E-state index >= 15 is 0 Å². The van der Waals surface area contributed by atoms with Crippen molar-refractivity contribution in [1.82, 2.24) is 5.32 Å². The first-order valence-corrected chi connectivity index (χ1v) is 17.1. The van der Waals surface area contributed by atoms with Gasteiger partial charge >= 0.3 is 18.0 Å². The summed E-state index contributed by atoms with van der Waals surface area (Å²) >= 11 is 0. The van der Waals surface area contributed by atoms with Crippen molar-refractivity contribution in [1.29, 1.82) is 0 Å². The lowest BCUT2D eigenvalue weighted by Crippen LogP contribution is -2.56. The van der Waals surface area contributed by atoms with Crippen molar-refractivity contribution >= 4 is 23.8 Å². The lowest BCUT2D eigenvalue weighted by atomic mass is 9.43. The highest BCUT2D eigenvalue weighted by Gasteiger charge is 2.61. The van der Waals surface area contributed by atoms with E-state index in [0.717, 1.165) is 56.9 Å². The zero-order valence-electron chi connectivity index (χ0n) is 28.0. The van der Waals surface area contributed by atoms with Gasteiger partial charge in [-0.2, -0.15) is 0 Å². The average molecular weight is 624 g/mol. The molecule has 4 fully saturated rings. The number of rotatable bonds is 8. The van der Waals surface area contributed by atoms with E-state index in [0.29, 0.717) is 35.9 Å². The van der Waals surface area contributed by atoms with Gasteiger partial charge in [-0.25, -0.2) is 9.59 Å². The molecular weight excluding hydrogens is 570 g/mol. The van der Waals surface area contributed by atoms with E-state index in [2.05, 4.69) is 19.2 Å². The Balaban J connectivity index is 1.36. The first-order chi connectivity index (χ1) is 21.1. The molecule has 0 heterocycles. The van der Waals surface area contributed by atoms with Gasteiger partial charge in [-0.15, -0.1) is 0 Å². The number of amides is 1. The van der Waals surface area contributed by atoms with Gasteiger partial charge in [0, 0.05) is 5.92 Å². The molecule has 1 amide bonds. The molecule has 45 heavy (non-hydrogen) atoms. The number of ketones is 1. The molecule has 0 radical (unpaired) electrons. The summed E-state index contributed by atoms with van der Waals surface area (Å²) in [6.45, 7) is 11.7. The third kappa shape index (κ3) is 6.66. The zero-order chi connectivity index (χ0) is 32.7. The fourth-order valence-corrected chi connectivity index (χ4v) is 10.5. The lowest BCUT2D eigenvalue weighted by molar-refractivity contribution is -0.163. The molecule has 5 unspecified atom stereocenters. The summed E-state index contributed by atoms with van der Waals surface area (Å²) in [6.07, 6.45) is 7.98. The van der Waals surface area contributed by atoms with Crippen LogP contribution in [0.3, 0.4) is 0 Å². The first kappa shape index (κ1) is 33.5. The Morgan fingerprint density at radius 3 is 2.24 bits per heavy atom. The third-order valence-electron chi connectivity index (χ3n) is 12.5. The number of Topliss-reactive ketones (excluding diaryl/α,β-unsaturated/α-hetero) is 1. The molecule has 0 spiro atoms. The fourth-order valence-electron chi connectivity index (χ4n) is 10.5. The van der Waals surface area contributed by atoms with Crippen LogP contribution in [0.2, 0.25) is 0 Å².